The number of benzene rings is 2. The Morgan fingerprint density at radius 3 is 2.33 bits per heavy atom. The van der Waals surface area contributed by atoms with E-state index in [1.165, 1.54) is 11.6 Å². The van der Waals surface area contributed by atoms with Gasteiger partial charge in [0, 0.05) is 24.2 Å². The van der Waals surface area contributed by atoms with Crippen LogP contribution in [0.5, 0.6) is 5.75 Å². The number of hydrogen-bond donors (Lipinski definition) is 2. The van der Waals surface area contributed by atoms with Crippen LogP contribution in [-0.2, 0) is 12.1 Å². The third kappa shape index (κ3) is 3.72. The van der Waals surface area contributed by atoms with Crippen molar-refractivity contribution < 1.29 is 19.3 Å². The van der Waals surface area contributed by atoms with Crippen LogP contribution >= 0.6 is 0 Å². The van der Waals surface area contributed by atoms with E-state index in [0.29, 0.717) is 25.0 Å². The molecule has 0 aromatic heterocycles. The fraction of sp³-hybridized carbons (Fsp3) is 0.455. The maximum atomic E-state index is 14.3. The quantitative estimate of drug-likeness (QED) is 0.819. The Morgan fingerprint density at radius 2 is 1.70 bits per heavy atom. The predicted octanol–water partition coefficient (Wildman–Crippen LogP) is 3.21. The summed E-state index contributed by atoms with van der Waals surface area (Å²) in [6, 6.07) is 15.1. The first-order valence-electron chi connectivity index (χ1n) is 9.65. The van der Waals surface area contributed by atoms with Gasteiger partial charge in [-0.15, -0.1) is 0 Å². The Bertz CT molecular complexity index is 765. The molecule has 2 heterocycles. The van der Waals surface area contributed by atoms with Crippen LogP contribution in [-0.4, -0.2) is 40.4 Å². The molecule has 4 rings (SSSR count). The number of rotatable bonds is 6. The highest BCUT2D eigenvalue weighted by Crippen LogP contribution is 2.46. The van der Waals surface area contributed by atoms with E-state index >= 15 is 0 Å². The lowest BCUT2D eigenvalue weighted by Crippen LogP contribution is -2.49. The third-order valence-electron chi connectivity index (χ3n) is 5.94. The topological polar surface area (TPSA) is 52.9 Å². The first-order chi connectivity index (χ1) is 13.1. The second-order valence-electron chi connectivity index (χ2n) is 7.69. The first-order valence-corrected chi connectivity index (χ1v) is 9.65. The van der Waals surface area contributed by atoms with Crippen molar-refractivity contribution in [1.82, 2.24) is 4.90 Å². The molecule has 27 heavy (non-hydrogen) atoms. The number of aliphatic hydroxyl groups excluding tert-OH is 1. The zero-order valence-electron chi connectivity index (χ0n) is 15.4. The molecule has 2 saturated heterocycles. The Kier molecular flexibility index (Phi) is 5.17. The fourth-order valence-electron chi connectivity index (χ4n) is 4.70. The van der Waals surface area contributed by atoms with Crippen molar-refractivity contribution in [1.29, 1.82) is 0 Å². The molecule has 3 atom stereocenters. The normalized spacial score (nSPS) is 27.7. The van der Waals surface area contributed by atoms with Crippen LogP contribution in [0.25, 0.3) is 0 Å². The minimum Gasteiger partial charge on any atom is -0.491 e. The molecule has 2 aromatic carbocycles. The zero-order valence-corrected chi connectivity index (χ0v) is 15.4. The van der Waals surface area contributed by atoms with Gasteiger partial charge in [0.25, 0.3) is 0 Å². The van der Waals surface area contributed by atoms with Crippen LogP contribution in [0.1, 0.15) is 36.8 Å². The zero-order chi connectivity index (χ0) is 18.9. The number of ether oxygens (including phenoxy) is 1. The van der Waals surface area contributed by atoms with Crippen molar-refractivity contribution >= 4 is 0 Å². The standard InChI is InChI=1S/C22H26FNO3/c23-21-4-2-1-3-20(21)22(26)13-17-7-8-18(14-22)24(17)15-16-5-9-19(10-6-16)27-12-11-25/h1-6,9-10,17-18,25-26H,7-8,11-15H2/t17-,18+,22?. The van der Waals surface area contributed by atoms with Gasteiger partial charge in [-0.1, -0.05) is 30.3 Å². The van der Waals surface area contributed by atoms with Crippen LogP contribution in [0.15, 0.2) is 48.5 Å². The summed E-state index contributed by atoms with van der Waals surface area (Å²) in [5.41, 5.74) is 0.557. The molecular formula is C22H26FNO3. The summed E-state index contributed by atoms with van der Waals surface area (Å²) >= 11 is 0. The molecule has 0 saturated carbocycles. The van der Waals surface area contributed by atoms with E-state index in [9.17, 15) is 9.50 Å². The lowest BCUT2D eigenvalue weighted by molar-refractivity contribution is -0.0615. The third-order valence-corrected chi connectivity index (χ3v) is 5.94. The lowest BCUT2D eigenvalue weighted by atomic mass is 9.80. The van der Waals surface area contributed by atoms with Gasteiger partial charge in [-0.3, -0.25) is 4.90 Å². The average Bonchev–Trinajstić information content (AvgIpc) is 2.91. The van der Waals surface area contributed by atoms with Crippen molar-refractivity contribution in [3.63, 3.8) is 0 Å². The molecule has 0 radical (unpaired) electrons. The molecular weight excluding hydrogens is 345 g/mol. The van der Waals surface area contributed by atoms with Crippen molar-refractivity contribution in [3.05, 3.63) is 65.5 Å². The molecule has 2 N–H and O–H groups in total. The molecule has 2 aromatic rings. The molecule has 1 unspecified atom stereocenters. The number of aliphatic hydroxyl groups is 2. The van der Waals surface area contributed by atoms with Gasteiger partial charge in [-0.2, -0.15) is 0 Å². The van der Waals surface area contributed by atoms with Gasteiger partial charge in [-0.25, -0.2) is 4.39 Å². The summed E-state index contributed by atoms with van der Waals surface area (Å²) in [7, 11) is 0. The largest absolute Gasteiger partial charge is 0.491 e. The molecule has 2 fully saturated rings. The lowest BCUT2D eigenvalue weighted by Gasteiger charge is -2.44. The van der Waals surface area contributed by atoms with Crippen molar-refractivity contribution in [2.45, 2.75) is 49.9 Å². The summed E-state index contributed by atoms with van der Waals surface area (Å²) in [6.07, 6.45) is 3.22. The molecule has 5 heteroatoms. The van der Waals surface area contributed by atoms with E-state index in [1.807, 2.05) is 24.3 Å². The molecule has 144 valence electrons. The van der Waals surface area contributed by atoms with Gasteiger partial charge in [-0.05, 0) is 49.4 Å². The Labute approximate surface area is 159 Å². The fourth-order valence-corrected chi connectivity index (χ4v) is 4.70. The summed E-state index contributed by atoms with van der Waals surface area (Å²) in [6.45, 7) is 1.12. The Balaban J connectivity index is 1.46. The van der Waals surface area contributed by atoms with Crippen LogP contribution in [0, 0.1) is 5.82 Å². The van der Waals surface area contributed by atoms with Gasteiger partial charge < -0.3 is 14.9 Å². The first kappa shape index (κ1) is 18.4. The van der Waals surface area contributed by atoms with E-state index in [2.05, 4.69) is 4.90 Å². The molecule has 0 amide bonds. The SMILES string of the molecule is OCCOc1ccc(CN2[C@@H]3CC[C@H]2CC(O)(c2ccccc2F)C3)cc1. The smallest absolute Gasteiger partial charge is 0.129 e. The Morgan fingerprint density at radius 1 is 1.04 bits per heavy atom. The minimum absolute atomic E-state index is 0.00378. The van der Waals surface area contributed by atoms with E-state index in [1.54, 1.807) is 18.2 Å². The number of nitrogens with zero attached hydrogens (tertiary/aromatic N) is 1. The van der Waals surface area contributed by atoms with E-state index in [-0.39, 0.29) is 24.5 Å². The van der Waals surface area contributed by atoms with Crippen LogP contribution < -0.4 is 4.74 Å². The summed E-state index contributed by atoms with van der Waals surface area (Å²) in [4.78, 5) is 2.46. The summed E-state index contributed by atoms with van der Waals surface area (Å²) < 4.78 is 19.7. The van der Waals surface area contributed by atoms with Gasteiger partial charge in [0.05, 0.1) is 12.2 Å². The van der Waals surface area contributed by atoms with E-state index < -0.39 is 5.60 Å². The molecule has 2 aliphatic rings. The predicted molar refractivity (Wildman–Crippen MR) is 101 cm³/mol. The second kappa shape index (κ2) is 7.58. The molecule has 0 spiro atoms. The van der Waals surface area contributed by atoms with Gasteiger partial charge in [0.15, 0.2) is 0 Å². The number of hydrogen-bond acceptors (Lipinski definition) is 4. The highest BCUT2D eigenvalue weighted by Gasteiger charge is 2.48. The highest BCUT2D eigenvalue weighted by molar-refractivity contribution is 5.29. The molecule has 2 bridgehead atoms. The number of fused-ring (bicyclic) bond motifs is 2. The van der Waals surface area contributed by atoms with Crippen LogP contribution in [0.4, 0.5) is 4.39 Å². The monoisotopic (exact) mass is 371 g/mol. The molecule has 2 aliphatic heterocycles. The summed E-state index contributed by atoms with van der Waals surface area (Å²) in [5, 5.41) is 20.0. The average molecular weight is 371 g/mol. The summed E-state index contributed by atoms with van der Waals surface area (Å²) in [5.74, 6) is 0.440. The van der Waals surface area contributed by atoms with Crippen LogP contribution in [0.2, 0.25) is 0 Å². The van der Waals surface area contributed by atoms with Crippen molar-refractivity contribution in [3.8, 4) is 5.75 Å². The maximum Gasteiger partial charge on any atom is 0.129 e. The van der Waals surface area contributed by atoms with Crippen molar-refractivity contribution in [2.75, 3.05) is 13.2 Å². The van der Waals surface area contributed by atoms with E-state index in [4.69, 9.17) is 9.84 Å². The Hall–Kier alpha value is -1.95. The highest BCUT2D eigenvalue weighted by atomic mass is 19.1. The van der Waals surface area contributed by atoms with Gasteiger partial charge >= 0.3 is 0 Å². The van der Waals surface area contributed by atoms with Gasteiger partial charge in [0.2, 0.25) is 0 Å². The molecule has 0 aliphatic carbocycles. The van der Waals surface area contributed by atoms with Crippen LogP contribution in [0.3, 0.4) is 0 Å². The van der Waals surface area contributed by atoms with E-state index in [0.717, 1.165) is 25.1 Å². The molecule has 4 nitrogen and oxygen atoms in total. The number of piperidine rings is 1. The van der Waals surface area contributed by atoms with Gasteiger partial charge in [0.1, 0.15) is 18.2 Å². The number of halogens is 1. The van der Waals surface area contributed by atoms with Crippen molar-refractivity contribution in [2.24, 2.45) is 0 Å². The maximum absolute atomic E-state index is 14.3. The second-order valence-corrected chi connectivity index (χ2v) is 7.69. The minimum atomic E-state index is -1.07.